The van der Waals surface area contributed by atoms with Crippen molar-refractivity contribution in [1.82, 2.24) is 4.90 Å². The molecule has 27 heavy (non-hydrogen) atoms. The van der Waals surface area contributed by atoms with Crippen LogP contribution in [-0.4, -0.2) is 17.9 Å². The molecule has 0 radical (unpaired) electrons. The van der Waals surface area contributed by atoms with Crippen molar-refractivity contribution in [2.75, 3.05) is 12.4 Å². The molecule has 1 heterocycles. The number of nitrogens with zero attached hydrogens (tertiary/aromatic N) is 1. The lowest BCUT2D eigenvalue weighted by Crippen LogP contribution is -2.53. The van der Waals surface area contributed by atoms with Crippen LogP contribution in [0, 0.1) is 0 Å². The molecule has 1 amide bonds. The highest BCUT2D eigenvalue weighted by Crippen LogP contribution is 2.37. The molecule has 136 valence electrons. The highest BCUT2D eigenvalue weighted by molar-refractivity contribution is 6.02. The van der Waals surface area contributed by atoms with Crippen molar-refractivity contribution in [2.24, 2.45) is 0 Å². The van der Waals surface area contributed by atoms with Crippen LogP contribution in [0.1, 0.15) is 28.4 Å². The summed E-state index contributed by atoms with van der Waals surface area (Å²) in [6.07, 6.45) is 0. The quantitative estimate of drug-likeness (QED) is 0.739. The molecule has 0 spiro atoms. The smallest absolute Gasteiger partial charge is 0.257 e. The van der Waals surface area contributed by atoms with Crippen molar-refractivity contribution in [3.63, 3.8) is 0 Å². The first kappa shape index (κ1) is 17.2. The summed E-state index contributed by atoms with van der Waals surface area (Å²) in [7, 11) is 1.82. The van der Waals surface area contributed by atoms with Crippen LogP contribution >= 0.6 is 0 Å². The molecule has 4 heteroatoms. The number of fused-ring (bicyclic) bond motifs is 1. The minimum atomic E-state index is -0.655. The van der Waals surface area contributed by atoms with E-state index in [9.17, 15) is 4.79 Å². The molecule has 4 nitrogen and oxygen atoms in total. The largest absolute Gasteiger partial charge is 0.489 e. The summed E-state index contributed by atoms with van der Waals surface area (Å²) < 4.78 is 5.97. The number of anilines is 1. The Bertz CT molecular complexity index is 971. The average molecular weight is 358 g/mol. The molecule has 1 unspecified atom stereocenters. The van der Waals surface area contributed by atoms with E-state index >= 15 is 0 Å². The van der Waals surface area contributed by atoms with Gasteiger partial charge in [0.15, 0.2) is 0 Å². The second-order valence-electron chi connectivity index (χ2n) is 6.91. The highest BCUT2D eigenvalue weighted by atomic mass is 16.5. The Balaban J connectivity index is 1.62. The third-order valence-corrected chi connectivity index (χ3v) is 5.16. The lowest BCUT2D eigenvalue weighted by molar-refractivity contribution is 0.0615. The number of benzene rings is 3. The fourth-order valence-electron chi connectivity index (χ4n) is 3.40. The Kier molecular flexibility index (Phi) is 4.32. The average Bonchev–Trinajstić information content (AvgIpc) is 2.72. The van der Waals surface area contributed by atoms with Crippen molar-refractivity contribution < 1.29 is 9.53 Å². The SMILES string of the molecule is CN1C(=O)c2ccccc2NC1(C)c1cccc(OCc2ccccc2)c1. The van der Waals surface area contributed by atoms with Gasteiger partial charge >= 0.3 is 0 Å². The van der Waals surface area contributed by atoms with Crippen LogP contribution in [0.3, 0.4) is 0 Å². The number of rotatable bonds is 4. The predicted octanol–water partition coefficient (Wildman–Crippen LogP) is 4.64. The van der Waals surface area contributed by atoms with E-state index in [1.54, 1.807) is 4.90 Å². The van der Waals surface area contributed by atoms with Gasteiger partial charge in [0.1, 0.15) is 18.0 Å². The van der Waals surface area contributed by atoms with Gasteiger partial charge in [0.05, 0.1) is 5.56 Å². The molecule has 3 aromatic carbocycles. The summed E-state index contributed by atoms with van der Waals surface area (Å²) >= 11 is 0. The van der Waals surface area contributed by atoms with Crippen LogP contribution in [0.5, 0.6) is 5.75 Å². The first-order valence-electron chi connectivity index (χ1n) is 9.00. The molecular weight excluding hydrogens is 336 g/mol. The number of hydrogen-bond donors (Lipinski definition) is 1. The Morgan fingerprint density at radius 3 is 2.52 bits per heavy atom. The Morgan fingerprint density at radius 1 is 0.963 bits per heavy atom. The van der Waals surface area contributed by atoms with Crippen LogP contribution in [0.25, 0.3) is 0 Å². The summed E-state index contributed by atoms with van der Waals surface area (Å²) in [6.45, 7) is 2.52. The minimum absolute atomic E-state index is 0.00227. The first-order chi connectivity index (χ1) is 13.1. The van der Waals surface area contributed by atoms with Crippen LogP contribution in [0.4, 0.5) is 5.69 Å². The number of para-hydroxylation sites is 1. The topological polar surface area (TPSA) is 41.6 Å². The molecule has 0 fully saturated rings. The van der Waals surface area contributed by atoms with Crippen molar-refractivity contribution in [3.8, 4) is 5.75 Å². The van der Waals surface area contributed by atoms with Crippen LogP contribution < -0.4 is 10.1 Å². The molecule has 1 atom stereocenters. The minimum Gasteiger partial charge on any atom is -0.489 e. The van der Waals surface area contributed by atoms with E-state index in [0.717, 1.165) is 22.6 Å². The zero-order valence-electron chi connectivity index (χ0n) is 15.5. The zero-order chi connectivity index (χ0) is 18.9. The molecule has 3 aromatic rings. The van der Waals surface area contributed by atoms with Crippen molar-refractivity contribution in [2.45, 2.75) is 19.2 Å². The standard InChI is InChI=1S/C23H22N2O2/c1-23(24-21-14-7-6-13-20(21)22(26)25(23)2)18-11-8-12-19(15-18)27-16-17-9-4-3-5-10-17/h3-15,24H,16H2,1-2H3. The van der Waals surface area contributed by atoms with Crippen LogP contribution in [0.2, 0.25) is 0 Å². The van der Waals surface area contributed by atoms with E-state index < -0.39 is 5.66 Å². The molecule has 0 aromatic heterocycles. The first-order valence-corrected chi connectivity index (χ1v) is 9.00. The van der Waals surface area contributed by atoms with Gasteiger partial charge in [-0.2, -0.15) is 0 Å². The maximum atomic E-state index is 12.9. The summed E-state index contributed by atoms with van der Waals surface area (Å²) in [5.41, 5.74) is 2.97. The monoisotopic (exact) mass is 358 g/mol. The van der Waals surface area contributed by atoms with Crippen molar-refractivity contribution in [3.05, 3.63) is 95.6 Å². The molecule has 1 aliphatic rings. The van der Waals surface area contributed by atoms with Gasteiger partial charge in [0.25, 0.3) is 5.91 Å². The molecule has 1 N–H and O–H groups in total. The zero-order valence-corrected chi connectivity index (χ0v) is 15.5. The summed E-state index contributed by atoms with van der Waals surface area (Å²) in [5, 5.41) is 3.52. The maximum absolute atomic E-state index is 12.9. The van der Waals surface area contributed by atoms with Gasteiger partial charge in [0, 0.05) is 18.3 Å². The predicted molar refractivity (Wildman–Crippen MR) is 107 cm³/mol. The maximum Gasteiger partial charge on any atom is 0.257 e. The summed E-state index contributed by atoms with van der Waals surface area (Å²) in [4.78, 5) is 14.6. The van der Waals surface area contributed by atoms with E-state index in [1.807, 2.05) is 92.8 Å². The highest BCUT2D eigenvalue weighted by Gasteiger charge is 2.40. The van der Waals surface area contributed by atoms with Gasteiger partial charge in [-0.05, 0) is 36.8 Å². The van der Waals surface area contributed by atoms with Gasteiger partial charge in [-0.15, -0.1) is 0 Å². The third-order valence-electron chi connectivity index (χ3n) is 5.16. The number of nitrogens with one attached hydrogen (secondary N) is 1. The molecule has 4 rings (SSSR count). The van der Waals surface area contributed by atoms with Gasteiger partial charge in [0.2, 0.25) is 0 Å². The Labute approximate surface area is 159 Å². The molecular formula is C23H22N2O2. The van der Waals surface area contributed by atoms with Crippen molar-refractivity contribution in [1.29, 1.82) is 0 Å². The molecule has 0 saturated carbocycles. The van der Waals surface area contributed by atoms with Gasteiger partial charge in [-0.1, -0.05) is 54.6 Å². The summed E-state index contributed by atoms with van der Waals surface area (Å²) in [6, 6.07) is 25.6. The number of hydrogen-bond acceptors (Lipinski definition) is 3. The third kappa shape index (κ3) is 3.14. The Hall–Kier alpha value is -3.27. The van der Waals surface area contributed by atoms with E-state index in [2.05, 4.69) is 5.32 Å². The van der Waals surface area contributed by atoms with Crippen molar-refractivity contribution >= 4 is 11.6 Å². The Morgan fingerprint density at radius 2 is 1.70 bits per heavy atom. The van der Waals surface area contributed by atoms with Gasteiger partial charge < -0.3 is 15.0 Å². The number of carbonyl (C=O) groups is 1. The number of amides is 1. The van der Waals surface area contributed by atoms with E-state index in [0.29, 0.717) is 12.2 Å². The molecule has 0 aliphatic carbocycles. The molecule has 0 saturated heterocycles. The lowest BCUT2D eigenvalue weighted by Gasteiger charge is -2.44. The second-order valence-corrected chi connectivity index (χ2v) is 6.91. The summed E-state index contributed by atoms with van der Waals surface area (Å²) in [5.74, 6) is 0.779. The van der Waals surface area contributed by atoms with E-state index in [1.165, 1.54) is 0 Å². The number of carbonyl (C=O) groups excluding carboxylic acids is 1. The lowest BCUT2D eigenvalue weighted by atomic mass is 9.94. The normalized spacial score (nSPS) is 18.6. The van der Waals surface area contributed by atoms with Gasteiger partial charge in [-0.25, -0.2) is 0 Å². The van der Waals surface area contributed by atoms with E-state index in [-0.39, 0.29) is 5.91 Å². The molecule has 0 bridgehead atoms. The fraction of sp³-hybridized carbons (Fsp3) is 0.174. The van der Waals surface area contributed by atoms with Crippen LogP contribution in [-0.2, 0) is 12.3 Å². The van der Waals surface area contributed by atoms with Crippen LogP contribution in [0.15, 0.2) is 78.9 Å². The fourth-order valence-corrected chi connectivity index (χ4v) is 3.40. The molecule has 1 aliphatic heterocycles. The number of ether oxygens (including phenoxy) is 1. The van der Waals surface area contributed by atoms with Gasteiger partial charge in [-0.3, -0.25) is 4.79 Å². The van der Waals surface area contributed by atoms with E-state index in [4.69, 9.17) is 4.74 Å². The second kappa shape index (κ2) is 6.80.